The Morgan fingerprint density at radius 2 is 1.48 bits per heavy atom. The highest BCUT2D eigenvalue weighted by atomic mass is 16.6. The maximum Gasteiger partial charge on any atom is 0.303 e. The molecule has 268 valence electrons. The van der Waals surface area contributed by atoms with Gasteiger partial charge in [0.05, 0.1) is 0 Å². The molecule has 0 aromatic rings. The lowest BCUT2D eigenvalue weighted by molar-refractivity contribution is -0.185. The fourth-order valence-electron chi connectivity index (χ4n) is 10.5. The minimum Gasteiger partial charge on any atom is -0.481 e. The van der Waals surface area contributed by atoms with Crippen LogP contribution in [-0.2, 0) is 23.9 Å². The molecule has 0 amide bonds. The van der Waals surface area contributed by atoms with Crippen molar-refractivity contribution in [3.05, 3.63) is 35.5 Å². The number of unbranched alkanes of at least 4 members (excludes halogenated alkanes) is 9. The van der Waals surface area contributed by atoms with Crippen LogP contribution >= 0.6 is 0 Å². The molecule has 7 atom stereocenters. The molecule has 6 heteroatoms. The molecule has 48 heavy (non-hydrogen) atoms. The zero-order valence-electron chi connectivity index (χ0n) is 30.7. The van der Waals surface area contributed by atoms with Gasteiger partial charge in [0.15, 0.2) is 17.2 Å². The largest absolute Gasteiger partial charge is 0.481 e. The number of rotatable bonds is 15. The zero-order chi connectivity index (χ0) is 35.0. The number of fused-ring (bicyclic) bond motifs is 5. The van der Waals surface area contributed by atoms with Crippen LogP contribution in [0.25, 0.3) is 0 Å². The van der Waals surface area contributed by atoms with Crippen LogP contribution in [0.15, 0.2) is 35.5 Å². The minimum atomic E-state index is -0.990. The smallest absolute Gasteiger partial charge is 0.303 e. The summed E-state index contributed by atoms with van der Waals surface area (Å²) in [6.45, 7) is 9.63. The van der Waals surface area contributed by atoms with Crippen LogP contribution in [0.4, 0.5) is 0 Å². The van der Waals surface area contributed by atoms with Crippen molar-refractivity contribution >= 4 is 23.5 Å². The highest BCUT2D eigenvalue weighted by molar-refractivity contribution is 5.92. The van der Waals surface area contributed by atoms with Crippen molar-refractivity contribution in [2.45, 2.75) is 169 Å². The van der Waals surface area contributed by atoms with Gasteiger partial charge in [-0.2, -0.15) is 0 Å². The third-order valence-electron chi connectivity index (χ3n) is 13.2. The summed E-state index contributed by atoms with van der Waals surface area (Å²) >= 11 is 0. The van der Waals surface area contributed by atoms with Crippen LogP contribution in [-0.4, -0.2) is 34.2 Å². The molecule has 0 radical (unpaired) electrons. The number of esters is 1. The van der Waals surface area contributed by atoms with Gasteiger partial charge in [-0.3, -0.25) is 19.2 Å². The minimum absolute atomic E-state index is 0.0160. The van der Waals surface area contributed by atoms with Crippen molar-refractivity contribution in [1.82, 2.24) is 0 Å². The lowest BCUT2D eigenvalue weighted by atomic mass is 9.47. The standard InChI is InChI=1S/C24H32O4.C18H32O2/c1-14-12-18-19(22(4)9-6-17(27)13-21(14)22)7-10-23(5)20(18)8-11-24(23,15(2)25)28-16(3)26;19-18(20)16-10-8-6-4-2-1-3-5-7-9-13-17-14-11-12-15-17/h12-13,18-20H,6-11H2,1-5H3;11,14,17H,1-10,12-13,15-16H2,(H,19,20). The maximum absolute atomic E-state index is 12.8. The number of carboxylic acids is 1. The highest BCUT2D eigenvalue weighted by Crippen LogP contribution is 2.67. The summed E-state index contributed by atoms with van der Waals surface area (Å²) in [5, 5.41) is 8.52. The first-order valence-electron chi connectivity index (χ1n) is 19.4. The molecular weight excluding hydrogens is 600 g/mol. The number of carbonyl (C=O) groups excluding carboxylic acids is 3. The van der Waals surface area contributed by atoms with Gasteiger partial charge in [0.1, 0.15) is 0 Å². The first kappa shape index (κ1) is 38.3. The molecule has 2 saturated carbocycles. The van der Waals surface area contributed by atoms with E-state index in [-0.39, 0.29) is 28.4 Å². The van der Waals surface area contributed by atoms with Crippen LogP contribution in [0.2, 0.25) is 0 Å². The fourth-order valence-corrected chi connectivity index (χ4v) is 10.5. The second kappa shape index (κ2) is 16.9. The fraction of sp³-hybridized carbons (Fsp3) is 0.762. The predicted molar refractivity (Wildman–Crippen MR) is 191 cm³/mol. The number of carbonyl (C=O) groups is 4. The lowest BCUT2D eigenvalue weighted by Crippen LogP contribution is -2.58. The monoisotopic (exact) mass is 664 g/mol. The maximum atomic E-state index is 12.8. The first-order chi connectivity index (χ1) is 22.8. The normalized spacial score (nSPS) is 33.4. The van der Waals surface area contributed by atoms with Crippen molar-refractivity contribution in [3.8, 4) is 0 Å². The average Bonchev–Trinajstić information content (AvgIpc) is 3.65. The van der Waals surface area contributed by atoms with E-state index in [9.17, 15) is 19.2 Å². The summed E-state index contributed by atoms with van der Waals surface area (Å²) in [5.74, 6) is 1.26. The number of Topliss-reactive ketones (excluding diaryl/α,β-unsaturated/α-hetero) is 1. The van der Waals surface area contributed by atoms with Gasteiger partial charge in [0.2, 0.25) is 0 Å². The SMILES string of the molecule is CC(=O)OC1(C(C)=O)CCC2C3C=C(C)C4=CC(=O)CCC4(C)C3CCC21C.O=C(O)CCCCCCCCCCCCC1C=CCC1. The number of ketones is 2. The summed E-state index contributed by atoms with van der Waals surface area (Å²) in [4.78, 5) is 47.1. The van der Waals surface area contributed by atoms with Crippen LogP contribution in [0.3, 0.4) is 0 Å². The Bertz CT molecular complexity index is 1260. The Morgan fingerprint density at radius 3 is 2.06 bits per heavy atom. The molecule has 5 rings (SSSR count). The van der Waals surface area contributed by atoms with E-state index in [1.54, 1.807) is 6.92 Å². The van der Waals surface area contributed by atoms with Crippen molar-refractivity contribution in [2.24, 2.45) is 34.5 Å². The number of aliphatic carboxylic acids is 1. The topological polar surface area (TPSA) is 97.7 Å². The molecule has 5 aliphatic carbocycles. The Hall–Kier alpha value is -2.50. The van der Waals surface area contributed by atoms with Gasteiger partial charge in [-0.1, -0.05) is 95.4 Å². The number of allylic oxidation sites excluding steroid dienone is 6. The second-order valence-electron chi connectivity index (χ2n) is 16.3. The third kappa shape index (κ3) is 8.62. The van der Waals surface area contributed by atoms with Crippen LogP contribution in [0.5, 0.6) is 0 Å². The van der Waals surface area contributed by atoms with Crippen LogP contribution in [0, 0.1) is 34.5 Å². The van der Waals surface area contributed by atoms with E-state index in [1.165, 1.54) is 88.7 Å². The Kier molecular flexibility index (Phi) is 13.5. The summed E-state index contributed by atoms with van der Waals surface area (Å²) in [6.07, 6.45) is 31.1. The molecule has 0 heterocycles. The van der Waals surface area contributed by atoms with Crippen LogP contribution in [0.1, 0.15) is 163 Å². The molecule has 0 aliphatic heterocycles. The summed E-state index contributed by atoms with van der Waals surface area (Å²) in [5.41, 5.74) is 1.15. The summed E-state index contributed by atoms with van der Waals surface area (Å²) < 4.78 is 5.82. The molecule has 0 aromatic carbocycles. The average molecular weight is 665 g/mol. The zero-order valence-corrected chi connectivity index (χ0v) is 30.7. The second-order valence-corrected chi connectivity index (χ2v) is 16.3. The molecule has 7 unspecified atom stereocenters. The molecule has 2 fully saturated rings. The Labute approximate surface area is 290 Å². The van der Waals surface area contributed by atoms with E-state index in [0.717, 1.165) is 44.4 Å². The molecule has 5 aliphatic rings. The van der Waals surface area contributed by atoms with Gasteiger partial charge < -0.3 is 9.84 Å². The molecule has 0 saturated heterocycles. The van der Waals surface area contributed by atoms with Gasteiger partial charge in [-0.25, -0.2) is 0 Å². The molecule has 0 spiro atoms. The summed E-state index contributed by atoms with van der Waals surface area (Å²) in [7, 11) is 0. The number of hydrogen-bond acceptors (Lipinski definition) is 5. The van der Waals surface area contributed by atoms with Crippen molar-refractivity contribution in [1.29, 1.82) is 0 Å². The van der Waals surface area contributed by atoms with Gasteiger partial charge in [0.25, 0.3) is 0 Å². The summed E-state index contributed by atoms with van der Waals surface area (Å²) in [6, 6.07) is 0. The van der Waals surface area contributed by atoms with E-state index >= 15 is 0 Å². The van der Waals surface area contributed by atoms with Crippen LogP contribution < -0.4 is 0 Å². The van der Waals surface area contributed by atoms with E-state index in [2.05, 4.69) is 39.0 Å². The van der Waals surface area contributed by atoms with E-state index in [1.807, 2.05) is 6.08 Å². The molecule has 0 aromatic heterocycles. The van der Waals surface area contributed by atoms with E-state index in [0.29, 0.717) is 37.0 Å². The van der Waals surface area contributed by atoms with Gasteiger partial charge >= 0.3 is 11.9 Å². The van der Waals surface area contributed by atoms with Crippen molar-refractivity contribution in [3.63, 3.8) is 0 Å². The number of carboxylic acid groups (broad SMARTS) is 1. The number of hydrogen-bond donors (Lipinski definition) is 1. The van der Waals surface area contributed by atoms with Gasteiger partial charge in [-0.05, 0) is 112 Å². The number of ether oxygens (including phenoxy) is 1. The Balaban J connectivity index is 0.000000231. The van der Waals surface area contributed by atoms with E-state index in [4.69, 9.17) is 9.84 Å². The lowest BCUT2D eigenvalue weighted by Gasteiger charge is -2.58. The Morgan fingerprint density at radius 1 is 0.854 bits per heavy atom. The molecule has 0 bridgehead atoms. The first-order valence-corrected chi connectivity index (χ1v) is 19.4. The third-order valence-corrected chi connectivity index (χ3v) is 13.2. The predicted octanol–water partition coefficient (Wildman–Crippen LogP) is 10.3. The quantitative estimate of drug-likeness (QED) is 0.106. The van der Waals surface area contributed by atoms with Gasteiger partial charge in [-0.15, -0.1) is 0 Å². The molecule has 1 N–H and O–H groups in total. The van der Waals surface area contributed by atoms with Gasteiger partial charge in [0, 0.05) is 25.2 Å². The molecule has 6 nitrogen and oxygen atoms in total. The van der Waals surface area contributed by atoms with Crippen molar-refractivity contribution in [2.75, 3.05) is 0 Å². The van der Waals surface area contributed by atoms with E-state index < -0.39 is 11.6 Å². The highest BCUT2D eigenvalue weighted by Gasteiger charge is 2.67. The van der Waals surface area contributed by atoms with Crippen molar-refractivity contribution < 1.29 is 29.0 Å². The molecular formula is C42H64O6.